The zero-order valence-corrected chi connectivity index (χ0v) is 19.6. The minimum atomic E-state index is 0.0327. The number of hydrogen-bond donors (Lipinski definition) is 2. The molecule has 2 aliphatic heterocycles. The van der Waals surface area contributed by atoms with Gasteiger partial charge in [-0.2, -0.15) is 11.3 Å². The van der Waals surface area contributed by atoms with Gasteiger partial charge in [0.25, 0.3) is 0 Å². The van der Waals surface area contributed by atoms with Gasteiger partial charge in [0.15, 0.2) is 0 Å². The van der Waals surface area contributed by atoms with Crippen LogP contribution in [0.4, 0.5) is 17.3 Å². The Hall–Kier alpha value is -2.81. The third-order valence-electron chi connectivity index (χ3n) is 6.36. The fourth-order valence-electron chi connectivity index (χ4n) is 4.71. The summed E-state index contributed by atoms with van der Waals surface area (Å²) >= 11 is 1.65. The molecule has 1 aromatic carbocycles. The molecule has 2 fully saturated rings. The maximum atomic E-state index is 12.6. The van der Waals surface area contributed by atoms with Crippen molar-refractivity contribution in [2.45, 2.75) is 19.3 Å². The van der Waals surface area contributed by atoms with Gasteiger partial charge < -0.3 is 15.5 Å². The Balaban J connectivity index is 1.11. The molecule has 3 aromatic rings. The Morgan fingerprint density at radius 2 is 1.85 bits per heavy atom. The summed E-state index contributed by atoms with van der Waals surface area (Å²) in [6.45, 7) is 6.14. The summed E-state index contributed by atoms with van der Waals surface area (Å²) in [5.74, 6) is 1.25. The molecule has 4 heterocycles. The van der Waals surface area contributed by atoms with Gasteiger partial charge in [0.1, 0.15) is 0 Å². The molecule has 0 radical (unpaired) electrons. The van der Waals surface area contributed by atoms with Gasteiger partial charge in [-0.05, 0) is 85.4 Å². The van der Waals surface area contributed by atoms with E-state index in [0.29, 0.717) is 18.4 Å². The lowest BCUT2D eigenvalue weighted by Crippen LogP contribution is -2.33. The first-order chi connectivity index (χ1) is 16.2. The highest BCUT2D eigenvalue weighted by molar-refractivity contribution is 7.08. The number of anilines is 3. The molecule has 0 saturated carbocycles. The molecule has 2 N–H and O–H groups in total. The highest BCUT2D eigenvalue weighted by Gasteiger charge is 2.26. The van der Waals surface area contributed by atoms with Gasteiger partial charge in [0, 0.05) is 42.4 Å². The smallest absolute Gasteiger partial charge is 0.238 e. The Labute approximate surface area is 198 Å². The zero-order chi connectivity index (χ0) is 22.5. The first-order valence-electron chi connectivity index (χ1n) is 11.7. The first-order valence-corrected chi connectivity index (χ1v) is 12.6. The van der Waals surface area contributed by atoms with Crippen LogP contribution in [0.15, 0.2) is 53.5 Å². The Bertz CT molecular complexity index is 1050. The molecule has 1 atom stereocenters. The van der Waals surface area contributed by atoms with E-state index in [0.717, 1.165) is 35.6 Å². The molecule has 33 heavy (non-hydrogen) atoms. The van der Waals surface area contributed by atoms with Crippen molar-refractivity contribution in [1.82, 2.24) is 19.8 Å². The lowest BCUT2D eigenvalue weighted by Gasteiger charge is -2.20. The average Bonchev–Trinajstić information content (AvgIpc) is 3.59. The van der Waals surface area contributed by atoms with E-state index in [9.17, 15) is 4.79 Å². The van der Waals surface area contributed by atoms with Crippen molar-refractivity contribution in [2.75, 3.05) is 49.9 Å². The van der Waals surface area contributed by atoms with Crippen LogP contribution in [0.1, 0.15) is 19.3 Å². The van der Waals surface area contributed by atoms with Gasteiger partial charge in [-0.3, -0.25) is 9.69 Å². The normalized spacial score (nSPS) is 19.1. The molecular weight excluding hydrogens is 432 g/mol. The number of nitrogens with zero attached hydrogens (tertiary/aromatic N) is 4. The number of hydrogen-bond acceptors (Lipinski definition) is 7. The van der Waals surface area contributed by atoms with Crippen LogP contribution in [0, 0.1) is 5.92 Å². The lowest BCUT2D eigenvalue weighted by molar-refractivity contribution is -0.117. The number of nitrogens with one attached hydrogen (secondary N) is 2. The Kier molecular flexibility index (Phi) is 6.95. The zero-order valence-electron chi connectivity index (χ0n) is 18.7. The van der Waals surface area contributed by atoms with Gasteiger partial charge in [0.2, 0.25) is 11.9 Å². The van der Waals surface area contributed by atoms with Crippen molar-refractivity contribution in [3.8, 4) is 11.1 Å². The van der Waals surface area contributed by atoms with Crippen LogP contribution in [-0.2, 0) is 4.79 Å². The summed E-state index contributed by atoms with van der Waals surface area (Å²) in [7, 11) is 0. The molecule has 8 heteroatoms. The molecule has 0 bridgehead atoms. The van der Waals surface area contributed by atoms with Crippen molar-refractivity contribution in [1.29, 1.82) is 0 Å². The van der Waals surface area contributed by atoms with Gasteiger partial charge in [0.05, 0.1) is 6.54 Å². The summed E-state index contributed by atoms with van der Waals surface area (Å²) in [5.41, 5.74) is 3.72. The van der Waals surface area contributed by atoms with Crippen LogP contribution in [0.3, 0.4) is 0 Å². The molecule has 1 unspecified atom stereocenters. The quantitative estimate of drug-likeness (QED) is 0.520. The van der Waals surface area contributed by atoms with Crippen LogP contribution < -0.4 is 10.6 Å². The highest BCUT2D eigenvalue weighted by Crippen LogP contribution is 2.23. The van der Waals surface area contributed by atoms with E-state index in [2.05, 4.69) is 41.8 Å². The molecule has 0 aliphatic carbocycles. The second-order valence-electron chi connectivity index (χ2n) is 8.96. The van der Waals surface area contributed by atoms with Gasteiger partial charge in [-0.1, -0.05) is 6.07 Å². The number of rotatable bonds is 8. The number of carbonyl (C=O) groups is 1. The maximum absolute atomic E-state index is 12.6. The third-order valence-corrected chi connectivity index (χ3v) is 7.04. The largest absolute Gasteiger partial charge is 0.325 e. The van der Waals surface area contributed by atoms with Crippen molar-refractivity contribution in [3.63, 3.8) is 0 Å². The number of thiophene rings is 1. The van der Waals surface area contributed by atoms with Crippen molar-refractivity contribution >= 4 is 34.6 Å². The predicted octanol–water partition coefficient (Wildman–Crippen LogP) is 4.30. The third kappa shape index (κ3) is 5.96. The lowest BCUT2D eigenvalue weighted by atomic mass is 10.1. The fourth-order valence-corrected chi connectivity index (χ4v) is 5.38. The Morgan fingerprint density at radius 3 is 2.64 bits per heavy atom. The minimum absolute atomic E-state index is 0.0327. The first kappa shape index (κ1) is 22.0. The van der Waals surface area contributed by atoms with Gasteiger partial charge >= 0.3 is 0 Å². The summed E-state index contributed by atoms with van der Waals surface area (Å²) in [6, 6.07) is 9.73. The van der Waals surface area contributed by atoms with E-state index in [-0.39, 0.29) is 5.91 Å². The summed E-state index contributed by atoms with van der Waals surface area (Å²) in [4.78, 5) is 26.3. The van der Waals surface area contributed by atoms with Crippen LogP contribution in [0.2, 0.25) is 0 Å². The summed E-state index contributed by atoms with van der Waals surface area (Å²) in [6.07, 6.45) is 7.49. The van der Waals surface area contributed by atoms with Crippen LogP contribution in [0.25, 0.3) is 11.1 Å². The topological polar surface area (TPSA) is 73.4 Å². The number of aromatic nitrogens is 2. The number of benzene rings is 1. The number of amides is 1. The fraction of sp³-hybridized carbons (Fsp3) is 0.400. The van der Waals surface area contributed by atoms with Crippen LogP contribution in [0.5, 0.6) is 0 Å². The molecule has 7 nitrogen and oxygen atoms in total. The molecule has 172 valence electrons. The molecule has 1 amide bonds. The maximum Gasteiger partial charge on any atom is 0.238 e. The van der Waals surface area contributed by atoms with Crippen LogP contribution >= 0.6 is 11.3 Å². The highest BCUT2D eigenvalue weighted by atomic mass is 32.1. The monoisotopic (exact) mass is 462 g/mol. The van der Waals surface area contributed by atoms with Gasteiger partial charge in [-0.15, -0.1) is 0 Å². The second-order valence-corrected chi connectivity index (χ2v) is 9.74. The Morgan fingerprint density at radius 1 is 1.03 bits per heavy atom. The minimum Gasteiger partial charge on any atom is -0.325 e. The molecule has 2 aliphatic rings. The second kappa shape index (κ2) is 10.4. The number of likely N-dealkylation sites (tertiary alicyclic amines) is 2. The summed E-state index contributed by atoms with van der Waals surface area (Å²) in [5, 5.41) is 10.4. The van der Waals surface area contributed by atoms with E-state index in [1.54, 1.807) is 11.3 Å². The number of carbonyl (C=O) groups excluding carboxylic acids is 1. The van der Waals surface area contributed by atoms with E-state index < -0.39 is 0 Å². The predicted molar refractivity (Wildman–Crippen MR) is 134 cm³/mol. The average molecular weight is 463 g/mol. The molecule has 2 saturated heterocycles. The van der Waals surface area contributed by atoms with Crippen LogP contribution in [-0.4, -0.2) is 64.9 Å². The molecular formula is C25H30N6OS. The van der Waals surface area contributed by atoms with E-state index in [1.165, 1.54) is 38.9 Å². The molecule has 2 aromatic heterocycles. The molecule has 5 rings (SSSR count). The van der Waals surface area contributed by atoms with Crippen molar-refractivity contribution in [3.05, 3.63) is 53.5 Å². The van der Waals surface area contributed by atoms with Gasteiger partial charge in [-0.25, -0.2) is 9.97 Å². The van der Waals surface area contributed by atoms with Crippen molar-refractivity contribution in [2.24, 2.45) is 5.92 Å². The molecule has 0 spiro atoms. The van der Waals surface area contributed by atoms with E-state index in [1.807, 2.05) is 42.0 Å². The SMILES string of the molecule is O=C(CN1CCC(CN2CCCC2)C1)Nc1cccc(Nc2ncc(-c3ccsc3)cn2)c1. The van der Waals surface area contributed by atoms with E-state index >= 15 is 0 Å². The standard InChI is InChI=1S/C25H30N6OS/c32-24(17-31-10-6-19(16-31)15-30-8-1-2-9-30)28-22-4-3-5-23(12-22)29-25-26-13-21(14-27-25)20-7-11-33-18-20/h3-5,7,11-14,18-19H,1-2,6,8-10,15-17H2,(H,28,32)(H,26,27,29). The summed E-state index contributed by atoms with van der Waals surface area (Å²) < 4.78 is 0. The van der Waals surface area contributed by atoms with E-state index in [4.69, 9.17) is 0 Å². The van der Waals surface area contributed by atoms with Crippen molar-refractivity contribution < 1.29 is 4.79 Å².